The van der Waals surface area contributed by atoms with Gasteiger partial charge < -0.3 is 11.1 Å². The lowest BCUT2D eigenvalue weighted by atomic mass is 10.1. The van der Waals surface area contributed by atoms with Gasteiger partial charge in [0.15, 0.2) is 0 Å². The molecule has 3 nitrogen and oxygen atoms in total. The lowest BCUT2D eigenvalue weighted by molar-refractivity contribution is -0.117. The van der Waals surface area contributed by atoms with Gasteiger partial charge in [-0.3, -0.25) is 4.79 Å². The van der Waals surface area contributed by atoms with Crippen LogP contribution in [-0.2, 0) is 4.79 Å². The number of carbonyl (C=O) groups excluding carboxylic acids is 1. The number of nitrogens with one attached hydrogen (secondary N) is 1. The molecule has 3 N–H and O–H groups in total. The maximum atomic E-state index is 11.9. The summed E-state index contributed by atoms with van der Waals surface area (Å²) in [7, 11) is 0. The molecular formula is C17H17ClN2O. The monoisotopic (exact) mass is 300 g/mol. The maximum Gasteiger partial charge on any atom is 0.244 e. The Kier molecular flexibility index (Phi) is 5.01. The first-order valence-corrected chi connectivity index (χ1v) is 7.02. The molecule has 0 radical (unpaired) electrons. The van der Waals surface area contributed by atoms with Gasteiger partial charge in [0.1, 0.15) is 0 Å². The number of hydrogen-bond donors (Lipinski definition) is 2. The van der Waals surface area contributed by atoms with Gasteiger partial charge in [-0.2, -0.15) is 0 Å². The Balaban J connectivity index is 1.94. The summed E-state index contributed by atoms with van der Waals surface area (Å²) in [4.78, 5) is 11.9. The molecule has 0 saturated carbocycles. The van der Waals surface area contributed by atoms with Gasteiger partial charge in [0.05, 0.1) is 6.04 Å². The molecule has 0 fully saturated rings. The number of halogens is 1. The minimum absolute atomic E-state index is 0.0779. The number of anilines is 1. The average Bonchev–Trinajstić information content (AvgIpc) is 2.47. The number of hydrogen-bond acceptors (Lipinski definition) is 2. The highest BCUT2D eigenvalue weighted by Gasteiger charge is 2.07. The van der Waals surface area contributed by atoms with Gasteiger partial charge >= 0.3 is 0 Å². The Labute approximate surface area is 129 Å². The van der Waals surface area contributed by atoms with E-state index >= 15 is 0 Å². The van der Waals surface area contributed by atoms with Crippen LogP contribution in [0.3, 0.4) is 0 Å². The molecule has 0 saturated heterocycles. The third-order valence-electron chi connectivity index (χ3n) is 3.09. The van der Waals surface area contributed by atoms with Crippen molar-refractivity contribution in [1.29, 1.82) is 0 Å². The zero-order valence-electron chi connectivity index (χ0n) is 11.7. The summed E-state index contributed by atoms with van der Waals surface area (Å²) in [5, 5.41) is 3.58. The van der Waals surface area contributed by atoms with Crippen molar-refractivity contribution in [2.45, 2.75) is 13.0 Å². The topological polar surface area (TPSA) is 55.1 Å². The number of carbonyl (C=O) groups is 1. The van der Waals surface area contributed by atoms with Gasteiger partial charge in [0, 0.05) is 16.8 Å². The van der Waals surface area contributed by atoms with Crippen molar-refractivity contribution in [2.75, 3.05) is 5.73 Å². The van der Waals surface area contributed by atoms with Gasteiger partial charge in [0.25, 0.3) is 0 Å². The Morgan fingerprint density at radius 1 is 1.14 bits per heavy atom. The third-order valence-corrected chi connectivity index (χ3v) is 3.34. The van der Waals surface area contributed by atoms with Crippen LogP contribution in [0, 0.1) is 0 Å². The normalized spacial score (nSPS) is 12.3. The van der Waals surface area contributed by atoms with Crippen LogP contribution in [0.1, 0.15) is 24.1 Å². The number of amides is 1. The van der Waals surface area contributed by atoms with E-state index in [1.54, 1.807) is 18.2 Å². The summed E-state index contributed by atoms with van der Waals surface area (Å²) >= 11 is 5.84. The molecule has 0 heterocycles. The fraction of sp³-hybridized carbons (Fsp3) is 0.118. The molecule has 2 aromatic carbocycles. The first kappa shape index (κ1) is 15.1. The van der Waals surface area contributed by atoms with Gasteiger partial charge in [-0.25, -0.2) is 0 Å². The number of nitrogens with two attached hydrogens (primary N) is 1. The SMILES string of the molecule is C[C@@H](NC(=O)/C=C/c1ccc(N)cc1)c1ccc(Cl)cc1. The van der Waals surface area contributed by atoms with Crippen LogP contribution in [0.4, 0.5) is 5.69 Å². The van der Waals surface area contributed by atoms with E-state index in [0.717, 1.165) is 11.1 Å². The van der Waals surface area contributed by atoms with Crippen LogP contribution in [0.5, 0.6) is 0 Å². The molecule has 0 aliphatic carbocycles. The van der Waals surface area contributed by atoms with Gasteiger partial charge in [-0.15, -0.1) is 0 Å². The van der Waals surface area contributed by atoms with Crippen molar-refractivity contribution in [2.24, 2.45) is 0 Å². The van der Waals surface area contributed by atoms with Crippen molar-refractivity contribution in [3.63, 3.8) is 0 Å². The van der Waals surface area contributed by atoms with Gasteiger partial charge in [-0.05, 0) is 48.4 Å². The summed E-state index contributed by atoms with van der Waals surface area (Å²) in [5.41, 5.74) is 8.25. The lowest BCUT2D eigenvalue weighted by Crippen LogP contribution is -2.24. The highest BCUT2D eigenvalue weighted by Crippen LogP contribution is 2.16. The Bertz CT molecular complexity index is 633. The van der Waals surface area contributed by atoms with Crippen LogP contribution in [0.2, 0.25) is 5.02 Å². The molecule has 2 aromatic rings. The standard InChI is InChI=1S/C17H17ClN2O/c1-12(14-5-7-15(18)8-6-14)20-17(21)11-4-13-2-9-16(19)10-3-13/h2-12H,19H2,1H3,(H,20,21)/b11-4+/t12-/m1/s1. The van der Waals surface area contributed by atoms with Crippen LogP contribution in [0.15, 0.2) is 54.6 Å². The molecule has 0 bridgehead atoms. The molecule has 21 heavy (non-hydrogen) atoms. The van der Waals surface area contributed by atoms with E-state index < -0.39 is 0 Å². The quantitative estimate of drug-likeness (QED) is 0.666. The molecule has 0 unspecified atom stereocenters. The average molecular weight is 301 g/mol. The van der Waals surface area contributed by atoms with Crippen LogP contribution in [0.25, 0.3) is 6.08 Å². The Hall–Kier alpha value is -2.26. The minimum atomic E-state index is -0.144. The van der Waals surface area contributed by atoms with Crippen LogP contribution < -0.4 is 11.1 Å². The summed E-state index contributed by atoms with van der Waals surface area (Å²) in [6.07, 6.45) is 3.27. The predicted molar refractivity (Wildman–Crippen MR) is 87.9 cm³/mol. The van der Waals surface area contributed by atoms with Gasteiger partial charge in [-0.1, -0.05) is 35.9 Å². The summed E-state index contributed by atoms with van der Waals surface area (Å²) in [5.74, 6) is -0.144. The smallest absolute Gasteiger partial charge is 0.244 e. The van der Waals surface area contributed by atoms with E-state index in [-0.39, 0.29) is 11.9 Å². The summed E-state index contributed by atoms with van der Waals surface area (Å²) in [6.45, 7) is 1.93. The zero-order chi connectivity index (χ0) is 15.2. The Morgan fingerprint density at radius 3 is 2.38 bits per heavy atom. The van der Waals surface area contributed by atoms with Crippen molar-refractivity contribution in [3.8, 4) is 0 Å². The second-order valence-electron chi connectivity index (χ2n) is 4.78. The number of rotatable bonds is 4. The predicted octanol–water partition coefficient (Wildman–Crippen LogP) is 3.81. The van der Waals surface area contributed by atoms with Gasteiger partial charge in [0.2, 0.25) is 5.91 Å². The van der Waals surface area contributed by atoms with E-state index in [1.165, 1.54) is 6.08 Å². The second-order valence-corrected chi connectivity index (χ2v) is 5.22. The van der Waals surface area contributed by atoms with Crippen LogP contribution in [-0.4, -0.2) is 5.91 Å². The van der Waals surface area contributed by atoms with E-state index in [0.29, 0.717) is 10.7 Å². The maximum absolute atomic E-state index is 11.9. The first-order valence-electron chi connectivity index (χ1n) is 6.64. The molecule has 0 aliphatic rings. The lowest BCUT2D eigenvalue weighted by Gasteiger charge is -2.12. The largest absolute Gasteiger partial charge is 0.399 e. The van der Waals surface area contributed by atoms with Crippen molar-refractivity contribution in [3.05, 3.63) is 70.8 Å². The zero-order valence-corrected chi connectivity index (χ0v) is 12.5. The fourth-order valence-electron chi connectivity index (χ4n) is 1.88. The molecule has 2 rings (SSSR count). The fourth-order valence-corrected chi connectivity index (χ4v) is 2.00. The first-order chi connectivity index (χ1) is 10.0. The van der Waals surface area contributed by atoms with E-state index in [4.69, 9.17) is 17.3 Å². The highest BCUT2D eigenvalue weighted by atomic mass is 35.5. The highest BCUT2D eigenvalue weighted by molar-refractivity contribution is 6.30. The molecule has 108 valence electrons. The summed E-state index contributed by atoms with van der Waals surface area (Å²) in [6, 6.07) is 14.7. The minimum Gasteiger partial charge on any atom is -0.399 e. The molecular weight excluding hydrogens is 284 g/mol. The molecule has 1 atom stereocenters. The van der Waals surface area contributed by atoms with Crippen molar-refractivity contribution < 1.29 is 4.79 Å². The second kappa shape index (κ2) is 6.95. The Morgan fingerprint density at radius 2 is 1.76 bits per heavy atom. The summed E-state index contributed by atoms with van der Waals surface area (Å²) < 4.78 is 0. The molecule has 1 amide bonds. The molecule has 4 heteroatoms. The number of nitrogen functional groups attached to an aromatic ring is 1. The van der Waals surface area contributed by atoms with E-state index in [2.05, 4.69) is 5.32 Å². The number of benzene rings is 2. The van der Waals surface area contributed by atoms with E-state index in [9.17, 15) is 4.79 Å². The van der Waals surface area contributed by atoms with Crippen LogP contribution >= 0.6 is 11.6 Å². The van der Waals surface area contributed by atoms with E-state index in [1.807, 2.05) is 43.3 Å². The van der Waals surface area contributed by atoms with Crippen molar-refractivity contribution in [1.82, 2.24) is 5.32 Å². The molecule has 0 aromatic heterocycles. The third kappa shape index (κ3) is 4.65. The van der Waals surface area contributed by atoms with Crippen molar-refractivity contribution >= 4 is 29.3 Å². The molecule has 0 spiro atoms. The molecule has 0 aliphatic heterocycles.